The first kappa shape index (κ1) is 15.5. The first-order chi connectivity index (χ1) is 10.1. The summed E-state index contributed by atoms with van der Waals surface area (Å²) >= 11 is 0. The topological polar surface area (TPSA) is 59.0 Å². The van der Waals surface area contributed by atoms with Crippen molar-refractivity contribution in [1.82, 2.24) is 4.90 Å². The molecule has 1 fully saturated rings. The number of benzene rings is 1. The minimum absolute atomic E-state index is 0.0648. The molecule has 21 heavy (non-hydrogen) atoms. The first-order valence-corrected chi connectivity index (χ1v) is 6.99. The largest absolute Gasteiger partial charge is 0.497 e. The van der Waals surface area contributed by atoms with Gasteiger partial charge in [0, 0.05) is 19.2 Å². The molecule has 2 unspecified atom stereocenters. The average Bonchev–Trinajstić information content (AvgIpc) is 2.52. The van der Waals surface area contributed by atoms with E-state index in [-0.39, 0.29) is 24.7 Å². The van der Waals surface area contributed by atoms with Gasteiger partial charge in [-0.2, -0.15) is 0 Å². The molecule has 2 rings (SSSR count). The maximum Gasteiger partial charge on any atom is 0.246 e. The molecule has 0 saturated carbocycles. The zero-order valence-electron chi connectivity index (χ0n) is 12.4. The number of morpholine rings is 1. The maximum absolute atomic E-state index is 12.2. The Hall–Kier alpha value is -1.85. The Balaban J connectivity index is 2.01. The molecule has 1 aliphatic heterocycles. The third kappa shape index (κ3) is 4.31. The number of nitrogens with zero attached hydrogens (tertiary/aromatic N) is 1. The van der Waals surface area contributed by atoms with Crippen LogP contribution in [0.15, 0.2) is 30.3 Å². The van der Waals surface area contributed by atoms with Gasteiger partial charge in [-0.15, -0.1) is 0 Å². The molecule has 0 aliphatic carbocycles. The van der Waals surface area contributed by atoms with E-state index < -0.39 is 0 Å². The van der Waals surface area contributed by atoms with Crippen molar-refractivity contribution in [3.8, 4) is 5.75 Å². The molecule has 0 spiro atoms. The number of carbonyl (C=O) groups is 1. The van der Waals surface area contributed by atoms with Gasteiger partial charge in [-0.1, -0.05) is 12.1 Å². The van der Waals surface area contributed by atoms with Crippen molar-refractivity contribution in [2.45, 2.75) is 19.1 Å². The third-order valence-electron chi connectivity index (χ3n) is 3.35. The molecule has 1 aliphatic rings. The SMILES string of the molecule is COc1cccc(/C=C/C(=O)N2CC(C)OC(CO)C2)c1. The van der Waals surface area contributed by atoms with Crippen LogP contribution in [0.2, 0.25) is 0 Å². The van der Waals surface area contributed by atoms with Crippen LogP contribution >= 0.6 is 0 Å². The number of methoxy groups -OCH3 is 1. The number of amides is 1. The average molecular weight is 291 g/mol. The summed E-state index contributed by atoms with van der Waals surface area (Å²) < 4.78 is 10.7. The molecule has 1 aromatic rings. The number of aliphatic hydroxyl groups excluding tert-OH is 1. The molecule has 1 amide bonds. The lowest BCUT2D eigenvalue weighted by Crippen LogP contribution is -2.49. The Morgan fingerprint density at radius 1 is 1.52 bits per heavy atom. The number of hydrogen-bond donors (Lipinski definition) is 1. The summed E-state index contributed by atoms with van der Waals surface area (Å²) in [5.41, 5.74) is 0.905. The quantitative estimate of drug-likeness (QED) is 0.850. The Labute approximate surface area is 124 Å². The van der Waals surface area contributed by atoms with E-state index in [1.807, 2.05) is 31.2 Å². The van der Waals surface area contributed by atoms with Crippen LogP contribution in [-0.2, 0) is 9.53 Å². The molecular weight excluding hydrogens is 270 g/mol. The van der Waals surface area contributed by atoms with Crippen molar-refractivity contribution in [2.75, 3.05) is 26.8 Å². The van der Waals surface area contributed by atoms with Crippen LogP contribution in [0.4, 0.5) is 0 Å². The zero-order chi connectivity index (χ0) is 15.2. The normalized spacial score (nSPS) is 22.5. The van der Waals surface area contributed by atoms with Gasteiger partial charge < -0.3 is 19.5 Å². The number of aliphatic hydroxyl groups is 1. The number of hydrogen-bond acceptors (Lipinski definition) is 4. The van der Waals surface area contributed by atoms with Crippen molar-refractivity contribution in [2.24, 2.45) is 0 Å². The van der Waals surface area contributed by atoms with Gasteiger partial charge in [0.15, 0.2) is 0 Å². The van der Waals surface area contributed by atoms with Crippen LogP contribution in [-0.4, -0.2) is 54.9 Å². The van der Waals surface area contributed by atoms with Crippen molar-refractivity contribution < 1.29 is 19.4 Å². The van der Waals surface area contributed by atoms with E-state index >= 15 is 0 Å². The summed E-state index contributed by atoms with van der Waals surface area (Å²) in [5.74, 6) is 0.677. The molecule has 5 heteroatoms. The standard InChI is InChI=1S/C16H21NO4/c1-12-9-17(10-15(11-18)21-12)16(19)7-6-13-4-3-5-14(8-13)20-2/h3-8,12,15,18H,9-11H2,1-2H3/b7-6+. The molecule has 0 aromatic heterocycles. The van der Waals surface area contributed by atoms with E-state index in [4.69, 9.17) is 9.47 Å². The fourth-order valence-corrected chi connectivity index (χ4v) is 2.34. The van der Waals surface area contributed by atoms with Crippen LogP contribution in [0.5, 0.6) is 5.75 Å². The molecule has 114 valence electrons. The lowest BCUT2D eigenvalue weighted by molar-refractivity contribution is -0.142. The first-order valence-electron chi connectivity index (χ1n) is 6.99. The minimum atomic E-state index is -0.303. The Bertz CT molecular complexity index is 515. The van der Waals surface area contributed by atoms with Gasteiger partial charge in [0.05, 0.1) is 25.9 Å². The predicted molar refractivity (Wildman–Crippen MR) is 80.0 cm³/mol. The smallest absolute Gasteiger partial charge is 0.246 e. The monoisotopic (exact) mass is 291 g/mol. The van der Waals surface area contributed by atoms with Gasteiger partial charge in [0.1, 0.15) is 5.75 Å². The lowest BCUT2D eigenvalue weighted by Gasteiger charge is -2.35. The Kier molecular flexibility index (Phi) is 5.36. The highest BCUT2D eigenvalue weighted by atomic mass is 16.5. The zero-order valence-corrected chi connectivity index (χ0v) is 12.4. The van der Waals surface area contributed by atoms with Crippen LogP contribution in [0.1, 0.15) is 12.5 Å². The van der Waals surface area contributed by atoms with Gasteiger partial charge >= 0.3 is 0 Å². The molecule has 1 N–H and O–H groups in total. The molecule has 1 heterocycles. The number of ether oxygens (including phenoxy) is 2. The Morgan fingerprint density at radius 2 is 2.33 bits per heavy atom. The molecule has 0 radical (unpaired) electrons. The highest BCUT2D eigenvalue weighted by molar-refractivity contribution is 5.91. The van der Waals surface area contributed by atoms with Crippen molar-refractivity contribution in [3.05, 3.63) is 35.9 Å². The molecule has 1 aromatic carbocycles. The third-order valence-corrected chi connectivity index (χ3v) is 3.35. The van der Waals surface area contributed by atoms with E-state index in [2.05, 4.69) is 0 Å². The number of carbonyl (C=O) groups excluding carboxylic acids is 1. The predicted octanol–water partition coefficient (Wildman–Crippen LogP) is 1.32. The van der Waals surface area contributed by atoms with Gasteiger partial charge in [0.2, 0.25) is 5.91 Å². The summed E-state index contributed by atoms with van der Waals surface area (Å²) in [6.07, 6.45) is 2.94. The molecule has 2 atom stereocenters. The molecule has 1 saturated heterocycles. The van der Waals surface area contributed by atoms with Gasteiger partial charge in [-0.3, -0.25) is 4.79 Å². The van der Waals surface area contributed by atoms with Crippen LogP contribution in [0.25, 0.3) is 6.08 Å². The summed E-state index contributed by atoms with van der Waals surface area (Å²) in [7, 11) is 1.61. The fourth-order valence-electron chi connectivity index (χ4n) is 2.34. The second-order valence-corrected chi connectivity index (χ2v) is 5.10. The van der Waals surface area contributed by atoms with Gasteiger partial charge in [-0.25, -0.2) is 0 Å². The summed E-state index contributed by atoms with van der Waals surface area (Å²) in [5, 5.41) is 9.18. The van der Waals surface area contributed by atoms with E-state index in [1.165, 1.54) is 0 Å². The van der Waals surface area contributed by atoms with Crippen molar-refractivity contribution in [1.29, 1.82) is 0 Å². The summed E-state index contributed by atoms with van der Waals surface area (Å²) in [6.45, 7) is 2.78. The van der Waals surface area contributed by atoms with Crippen LogP contribution in [0, 0.1) is 0 Å². The van der Waals surface area contributed by atoms with Gasteiger partial charge in [0.25, 0.3) is 0 Å². The van der Waals surface area contributed by atoms with Crippen molar-refractivity contribution in [3.63, 3.8) is 0 Å². The van der Waals surface area contributed by atoms with Crippen LogP contribution < -0.4 is 4.74 Å². The Morgan fingerprint density at radius 3 is 3.05 bits per heavy atom. The molecular formula is C16H21NO4. The lowest BCUT2D eigenvalue weighted by atomic mass is 10.2. The van der Waals surface area contributed by atoms with Crippen molar-refractivity contribution >= 4 is 12.0 Å². The van der Waals surface area contributed by atoms with Crippen LogP contribution in [0.3, 0.4) is 0 Å². The van der Waals surface area contributed by atoms with E-state index in [0.717, 1.165) is 11.3 Å². The maximum atomic E-state index is 12.2. The fraction of sp³-hybridized carbons (Fsp3) is 0.438. The second-order valence-electron chi connectivity index (χ2n) is 5.10. The minimum Gasteiger partial charge on any atom is -0.497 e. The van der Waals surface area contributed by atoms with E-state index in [1.54, 1.807) is 24.2 Å². The summed E-state index contributed by atoms with van der Waals surface area (Å²) in [4.78, 5) is 13.9. The second kappa shape index (κ2) is 7.24. The highest BCUT2D eigenvalue weighted by Gasteiger charge is 2.26. The van der Waals surface area contributed by atoms with E-state index in [0.29, 0.717) is 13.1 Å². The molecule has 0 bridgehead atoms. The van der Waals surface area contributed by atoms with E-state index in [9.17, 15) is 9.90 Å². The highest BCUT2D eigenvalue weighted by Crippen LogP contribution is 2.15. The number of rotatable bonds is 4. The summed E-state index contributed by atoms with van der Waals surface area (Å²) in [6, 6.07) is 7.50. The van der Waals surface area contributed by atoms with Gasteiger partial charge in [-0.05, 0) is 30.7 Å². The molecule has 5 nitrogen and oxygen atoms in total.